The van der Waals surface area contributed by atoms with E-state index in [1.54, 1.807) is 33.8 Å². The Kier molecular flexibility index (Phi) is 13.0. The van der Waals surface area contributed by atoms with Gasteiger partial charge < -0.3 is 25.0 Å². The van der Waals surface area contributed by atoms with Crippen molar-refractivity contribution in [2.24, 2.45) is 5.92 Å². The van der Waals surface area contributed by atoms with Crippen LogP contribution >= 0.6 is 0 Å². The third-order valence-corrected chi connectivity index (χ3v) is 5.97. The smallest absolute Gasteiger partial charge is 0.408 e. The monoisotopic (exact) mass is 531 g/mol. The lowest BCUT2D eigenvalue weighted by Gasteiger charge is -2.36. The van der Waals surface area contributed by atoms with Crippen LogP contribution in [-0.4, -0.2) is 60.1 Å². The van der Waals surface area contributed by atoms with Crippen LogP contribution in [0, 0.1) is 19.8 Å². The Balaban J connectivity index is 3.45. The number of carbonyl (C=O) groups is 4. The number of aryl methyl sites for hydroxylation is 2. The molecule has 0 aliphatic rings. The molecule has 1 rings (SSSR count). The summed E-state index contributed by atoms with van der Waals surface area (Å²) in [6, 6.07) is 3.69. The van der Waals surface area contributed by atoms with Crippen molar-refractivity contribution in [3.63, 3.8) is 0 Å². The van der Waals surface area contributed by atoms with Crippen molar-refractivity contribution in [2.45, 2.75) is 85.9 Å². The molecule has 0 aliphatic carbocycles. The molecule has 0 aromatic heterocycles. The van der Waals surface area contributed by atoms with Crippen LogP contribution in [0.15, 0.2) is 30.9 Å². The van der Waals surface area contributed by atoms with Gasteiger partial charge in [-0.3, -0.25) is 14.4 Å². The molecule has 0 bridgehead atoms. The quantitative estimate of drug-likeness (QED) is 0.289. The van der Waals surface area contributed by atoms with E-state index in [4.69, 9.17) is 9.47 Å². The highest BCUT2D eigenvalue weighted by molar-refractivity contribution is 5.92. The summed E-state index contributed by atoms with van der Waals surface area (Å²) in [5.74, 6) is -1.55. The lowest BCUT2D eigenvalue weighted by Crippen LogP contribution is -2.55. The van der Waals surface area contributed by atoms with E-state index >= 15 is 0 Å². The van der Waals surface area contributed by atoms with E-state index in [1.807, 2.05) is 45.9 Å². The Morgan fingerprint density at radius 2 is 1.79 bits per heavy atom. The molecule has 9 heteroatoms. The lowest BCUT2D eigenvalue weighted by molar-refractivity contribution is -0.144. The largest absolute Gasteiger partial charge is 0.466 e. The Hall–Kier alpha value is -3.36. The molecule has 0 saturated heterocycles. The minimum absolute atomic E-state index is 0.00424. The molecular weight excluding hydrogens is 486 g/mol. The number of hydrogen-bond donors (Lipinski definition) is 2. The summed E-state index contributed by atoms with van der Waals surface area (Å²) in [4.78, 5) is 53.5. The maximum atomic E-state index is 14.1. The molecule has 212 valence electrons. The van der Waals surface area contributed by atoms with E-state index in [0.717, 1.165) is 11.1 Å². The van der Waals surface area contributed by atoms with E-state index < -0.39 is 41.6 Å². The molecule has 0 heterocycles. The lowest BCUT2D eigenvalue weighted by atomic mass is 9.93. The Morgan fingerprint density at radius 1 is 1.13 bits per heavy atom. The summed E-state index contributed by atoms with van der Waals surface area (Å²) in [6.07, 6.45) is 1.44. The number of benzene rings is 1. The first-order valence-electron chi connectivity index (χ1n) is 13.2. The summed E-state index contributed by atoms with van der Waals surface area (Å²) >= 11 is 0. The molecule has 0 aliphatic heterocycles. The predicted octanol–water partition coefficient (Wildman–Crippen LogP) is 4.37. The highest BCUT2D eigenvalue weighted by Gasteiger charge is 2.38. The molecule has 0 saturated carbocycles. The van der Waals surface area contributed by atoms with Gasteiger partial charge in [0.05, 0.1) is 13.0 Å². The zero-order chi connectivity index (χ0) is 29.0. The topological polar surface area (TPSA) is 114 Å². The van der Waals surface area contributed by atoms with Gasteiger partial charge in [-0.2, -0.15) is 0 Å². The number of alkyl carbamates (subject to hydrolysis) is 1. The average molecular weight is 532 g/mol. The van der Waals surface area contributed by atoms with Gasteiger partial charge in [0.15, 0.2) is 0 Å². The van der Waals surface area contributed by atoms with E-state index in [0.29, 0.717) is 12.0 Å². The molecule has 0 spiro atoms. The van der Waals surface area contributed by atoms with Crippen LogP contribution < -0.4 is 10.6 Å². The zero-order valence-corrected chi connectivity index (χ0v) is 24.2. The summed E-state index contributed by atoms with van der Waals surface area (Å²) in [7, 11) is 0. The Bertz CT molecular complexity index is 985. The zero-order valence-electron chi connectivity index (χ0n) is 24.2. The van der Waals surface area contributed by atoms with Gasteiger partial charge >= 0.3 is 12.1 Å². The molecule has 3 unspecified atom stereocenters. The molecule has 0 fully saturated rings. The van der Waals surface area contributed by atoms with Gasteiger partial charge in [-0.1, -0.05) is 50.1 Å². The van der Waals surface area contributed by atoms with Crippen LogP contribution in [-0.2, 0) is 23.9 Å². The van der Waals surface area contributed by atoms with Gasteiger partial charge in [-0.15, -0.1) is 6.58 Å². The molecule has 2 N–H and O–H groups in total. The first kappa shape index (κ1) is 32.7. The van der Waals surface area contributed by atoms with Crippen LogP contribution in [0.5, 0.6) is 0 Å². The number of ether oxygens (including phenoxy) is 2. The van der Waals surface area contributed by atoms with Crippen molar-refractivity contribution in [1.29, 1.82) is 0 Å². The van der Waals surface area contributed by atoms with Crippen molar-refractivity contribution in [3.8, 4) is 0 Å². The van der Waals surface area contributed by atoms with Crippen molar-refractivity contribution >= 4 is 23.9 Å². The van der Waals surface area contributed by atoms with Crippen LogP contribution in [0.2, 0.25) is 0 Å². The summed E-state index contributed by atoms with van der Waals surface area (Å²) in [6.45, 7) is 18.7. The number of nitrogens with one attached hydrogen (secondary N) is 2. The van der Waals surface area contributed by atoms with Gasteiger partial charge in [0, 0.05) is 13.1 Å². The fourth-order valence-corrected chi connectivity index (χ4v) is 3.96. The first-order chi connectivity index (χ1) is 17.7. The minimum atomic E-state index is -1.02. The van der Waals surface area contributed by atoms with Crippen LogP contribution in [0.1, 0.15) is 77.1 Å². The van der Waals surface area contributed by atoms with Crippen molar-refractivity contribution < 1.29 is 28.7 Å². The van der Waals surface area contributed by atoms with E-state index in [-0.39, 0.29) is 32.0 Å². The second kappa shape index (κ2) is 15.1. The van der Waals surface area contributed by atoms with Crippen LogP contribution in [0.25, 0.3) is 0 Å². The predicted molar refractivity (Wildman–Crippen MR) is 147 cm³/mol. The fourth-order valence-electron chi connectivity index (χ4n) is 3.96. The number of hydrogen-bond acceptors (Lipinski definition) is 6. The van der Waals surface area contributed by atoms with Crippen molar-refractivity contribution in [1.82, 2.24) is 15.5 Å². The molecule has 1 aromatic rings. The molecule has 38 heavy (non-hydrogen) atoms. The van der Waals surface area contributed by atoms with E-state index in [2.05, 4.69) is 17.2 Å². The van der Waals surface area contributed by atoms with Crippen molar-refractivity contribution in [3.05, 3.63) is 47.5 Å². The molecule has 9 nitrogen and oxygen atoms in total. The van der Waals surface area contributed by atoms with Crippen LogP contribution in [0.3, 0.4) is 0 Å². The second-order valence-corrected chi connectivity index (χ2v) is 10.4. The van der Waals surface area contributed by atoms with Gasteiger partial charge in [-0.05, 0) is 58.6 Å². The molecule has 0 radical (unpaired) electrons. The summed E-state index contributed by atoms with van der Waals surface area (Å²) < 4.78 is 10.4. The average Bonchev–Trinajstić information content (AvgIpc) is 2.81. The van der Waals surface area contributed by atoms with E-state index in [9.17, 15) is 19.2 Å². The third-order valence-electron chi connectivity index (χ3n) is 5.97. The number of carbonyl (C=O) groups excluding carboxylic acids is 4. The normalized spacial score (nSPS) is 13.5. The Labute approximate surface area is 227 Å². The second-order valence-electron chi connectivity index (χ2n) is 10.4. The summed E-state index contributed by atoms with van der Waals surface area (Å²) in [5.41, 5.74) is 1.74. The fraction of sp³-hybridized carbons (Fsp3) is 0.586. The number of amides is 3. The maximum Gasteiger partial charge on any atom is 0.408 e. The van der Waals surface area contributed by atoms with Gasteiger partial charge in [0.1, 0.15) is 17.7 Å². The van der Waals surface area contributed by atoms with Gasteiger partial charge in [0.2, 0.25) is 11.8 Å². The van der Waals surface area contributed by atoms with Crippen molar-refractivity contribution in [2.75, 3.05) is 19.7 Å². The molecule has 1 aromatic carbocycles. The van der Waals surface area contributed by atoms with Gasteiger partial charge in [-0.25, -0.2) is 4.79 Å². The maximum absolute atomic E-state index is 14.1. The number of rotatable bonds is 13. The molecule has 3 amide bonds. The molecular formula is C29H45N3O6. The van der Waals surface area contributed by atoms with Gasteiger partial charge in [0.25, 0.3) is 0 Å². The minimum Gasteiger partial charge on any atom is -0.466 e. The third kappa shape index (κ3) is 10.2. The van der Waals surface area contributed by atoms with E-state index in [1.165, 1.54) is 4.90 Å². The highest BCUT2D eigenvalue weighted by Crippen LogP contribution is 2.27. The number of nitrogens with zero attached hydrogens (tertiary/aromatic N) is 1. The SMILES string of the molecule is C=CCN(C(=O)C(NC(=O)OC(C)(C)C)C(C)CC)C(C(=O)NCCC(=O)OCC)c1ccc(C)cc1C. The molecule has 3 atom stereocenters. The number of esters is 1. The Morgan fingerprint density at radius 3 is 2.32 bits per heavy atom. The summed E-state index contributed by atoms with van der Waals surface area (Å²) in [5, 5.41) is 5.50. The van der Waals surface area contributed by atoms with Crippen LogP contribution in [0.4, 0.5) is 4.79 Å². The first-order valence-corrected chi connectivity index (χ1v) is 13.2. The standard InChI is InChI=1S/C29H45N3O6/c1-10-17-32(27(35)24(20(5)11-2)31-28(36)38-29(7,8)9)25(22-14-13-19(4)18-21(22)6)26(34)30-16-15-23(33)37-12-3/h10,13-14,18,20,24-25H,1,11-12,15-17H2,2-9H3,(H,30,34)(H,31,36). The highest BCUT2D eigenvalue weighted by atomic mass is 16.6.